The average molecular weight is 506 g/mol. The zero-order chi connectivity index (χ0) is 24.7. The van der Waals surface area contributed by atoms with Crippen LogP contribution in [0.3, 0.4) is 0 Å². The van der Waals surface area contributed by atoms with Gasteiger partial charge in [-0.05, 0) is 60.0 Å². The highest BCUT2D eigenvalue weighted by Crippen LogP contribution is 2.39. The van der Waals surface area contributed by atoms with Crippen molar-refractivity contribution in [3.8, 4) is 28.7 Å². The van der Waals surface area contributed by atoms with Crippen LogP contribution in [0, 0.1) is 5.82 Å². The second kappa shape index (κ2) is 11.8. The first kappa shape index (κ1) is 25.4. The van der Waals surface area contributed by atoms with Gasteiger partial charge in [0.1, 0.15) is 5.75 Å². The number of anilines is 1. The van der Waals surface area contributed by atoms with Gasteiger partial charge in [-0.2, -0.15) is 0 Å². The standard InChI is InChI=1S/C25H25ClFNO5S/c1-29-19-11-9-17(14-18(19)26)34-28-24-16(8-10-20(30-2)23(24)27)7-6-15-12-21(31-3)25(33-5)22(13-15)32-4/h6-14,28H,1-5H3/b7-6-. The molecule has 0 aliphatic rings. The monoisotopic (exact) mass is 505 g/mol. The van der Waals surface area contributed by atoms with Crippen molar-refractivity contribution in [2.45, 2.75) is 4.90 Å². The molecule has 3 rings (SSSR count). The molecule has 0 fully saturated rings. The lowest BCUT2D eigenvalue weighted by Gasteiger charge is -2.14. The highest BCUT2D eigenvalue weighted by atomic mass is 35.5. The van der Waals surface area contributed by atoms with Crippen molar-refractivity contribution < 1.29 is 28.1 Å². The van der Waals surface area contributed by atoms with E-state index < -0.39 is 5.82 Å². The molecule has 0 heterocycles. The van der Waals surface area contributed by atoms with Crippen LogP contribution in [0.1, 0.15) is 11.1 Å². The number of methoxy groups -OCH3 is 5. The molecule has 0 saturated carbocycles. The number of benzene rings is 3. The second-order valence-electron chi connectivity index (χ2n) is 6.84. The number of hydrogen-bond acceptors (Lipinski definition) is 7. The van der Waals surface area contributed by atoms with Crippen molar-refractivity contribution in [3.63, 3.8) is 0 Å². The Morgan fingerprint density at radius 2 is 1.38 bits per heavy atom. The molecule has 3 aromatic rings. The lowest BCUT2D eigenvalue weighted by Crippen LogP contribution is -1.98. The van der Waals surface area contributed by atoms with E-state index in [2.05, 4.69) is 4.72 Å². The Kier molecular flexibility index (Phi) is 8.79. The van der Waals surface area contributed by atoms with Gasteiger partial charge in [0.15, 0.2) is 23.1 Å². The normalized spacial score (nSPS) is 10.8. The fourth-order valence-electron chi connectivity index (χ4n) is 3.18. The van der Waals surface area contributed by atoms with Gasteiger partial charge in [0.2, 0.25) is 5.75 Å². The smallest absolute Gasteiger partial charge is 0.203 e. The number of ether oxygens (including phenoxy) is 5. The molecule has 3 aromatic carbocycles. The molecule has 0 aliphatic heterocycles. The van der Waals surface area contributed by atoms with Gasteiger partial charge in [-0.25, -0.2) is 4.39 Å². The van der Waals surface area contributed by atoms with E-state index in [9.17, 15) is 0 Å². The zero-order valence-electron chi connectivity index (χ0n) is 19.4. The maximum absolute atomic E-state index is 15.2. The summed E-state index contributed by atoms with van der Waals surface area (Å²) in [4.78, 5) is 0.785. The molecular formula is C25H25ClFNO5S. The summed E-state index contributed by atoms with van der Waals surface area (Å²) < 4.78 is 44.8. The fourth-order valence-corrected chi connectivity index (χ4v) is 4.24. The van der Waals surface area contributed by atoms with Crippen LogP contribution >= 0.6 is 23.5 Å². The summed E-state index contributed by atoms with van der Waals surface area (Å²) in [5.74, 6) is 1.71. The SMILES string of the molecule is COc1ccc(SNc2c(/C=C\c3cc(OC)c(OC)c(OC)c3)ccc(OC)c2F)cc1Cl. The van der Waals surface area contributed by atoms with E-state index in [1.807, 2.05) is 12.1 Å². The molecule has 0 radical (unpaired) electrons. The third-order valence-corrected chi connectivity index (χ3v) is 5.99. The van der Waals surface area contributed by atoms with E-state index in [1.165, 1.54) is 19.1 Å². The van der Waals surface area contributed by atoms with Gasteiger partial charge in [0, 0.05) is 10.5 Å². The van der Waals surface area contributed by atoms with Gasteiger partial charge >= 0.3 is 0 Å². The minimum absolute atomic E-state index is 0.126. The summed E-state index contributed by atoms with van der Waals surface area (Å²) in [5, 5.41) is 0.461. The average Bonchev–Trinajstić information content (AvgIpc) is 2.86. The summed E-state index contributed by atoms with van der Waals surface area (Å²) in [6, 6.07) is 12.3. The highest BCUT2D eigenvalue weighted by Gasteiger charge is 2.15. The summed E-state index contributed by atoms with van der Waals surface area (Å²) in [5.41, 5.74) is 1.66. The molecule has 0 aromatic heterocycles. The number of hydrogen-bond donors (Lipinski definition) is 1. The molecule has 0 spiro atoms. The molecular weight excluding hydrogens is 481 g/mol. The predicted molar refractivity (Wildman–Crippen MR) is 135 cm³/mol. The Balaban J connectivity index is 1.94. The maximum Gasteiger partial charge on any atom is 0.203 e. The fraction of sp³-hybridized carbons (Fsp3) is 0.200. The Labute approximate surface area is 207 Å². The van der Waals surface area contributed by atoms with Crippen molar-refractivity contribution >= 4 is 41.4 Å². The number of rotatable bonds is 10. The minimum Gasteiger partial charge on any atom is -0.495 e. The third-order valence-electron chi connectivity index (χ3n) is 4.90. The molecule has 0 aliphatic carbocycles. The second-order valence-corrected chi connectivity index (χ2v) is 8.13. The molecule has 9 heteroatoms. The van der Waals surface area contributed by atoms with Crippen LogP contribution in [-0.4, -0.2) is 35.5 Å². The van der Waals surface area contributed by atoms with Crippen molar-refractivity contribution in [1.29, 1.82) is 0 Å². The lowest BCUT2D eigenvalue weighted by atomic mass is 10.1. The van der Waals surface area contributed by atoms with Crippen LogP contribution in [0.4, 0.5) is 10.1 Å². The summed E-state index contributed by atoms with van der Waals surface area (Å²) in [7, 11) is 7.61. The van der Waals surface area contributed by atoms with E-state index in [1.54, 1.807) is 70.9 Å². The van der Waals surface area contributed by atoms with Crippen LogP contribution in [0.25, 0.3) is 12.2 Å². The van der Waals surface area contributed by atoms with Crippen LogP contribution in [-0.2, 0) is 0 Å². The molecule has 0 saturated heterocycles. The van der Waals surface area contributed by atoms with Crippen LogP contribution < -0.4 is 28.4 Å². The Morgan fingerprint density at radius 3 is 1.94 bits per heavy atom. The van der Waals surface area contributed by atoms with Gasteiger partial charge in [0.05, 0.1) is 46.3 Å². The van der Waals surface area contributed by atoms with Gasteiger partial charge in [-0.3, -0.25) is 0 Å². The molecule has 34 heavy (non-hydrogen) atoms. The van der Waals surface area contributed by atoms with Gasteiger partial charge < -0.3 is 28.4 Å². The summed E-state index contributed by atoms with van der Waals surface area (Å²) in [6.45, 7) is 0. The first-order chi connectivity index (χ1) is 16.4. The van der Waals surface area contributed by atoms with Gasteiger partial charge in [-0.1, -0.05) is 23.8 Å². The predicted octanol–water partition coefficient (Wildman–Crippen LogP) is 6.81. The first-order valence-electron chi connectivity index (χ1n) is 10.1. The van der Waals surface area contributed by atoms with Crippen molar-refractivity contribution in [2.24, 2.45) is 0 Å². The van der Waals surface area contributed by atoms with Crippen LogP contribution in [0.15, 0.2) is 47.4 Å². The summed E-state index contributed by atoms with van der Waals surface area (Å²) >= 11 is 7.43. The zero-order valence-corrected chi connectivity index (χ0v) is 21.0. The molecule has 0 amide bonds. The molecule has 180 valence electrons. The Morgan fingerprint density at radius 1 is 0.765 bits per heavy atom. The Hall–Kier alpha value is -3.23. The molecule has 0 atom stereocenters. The lowest BCUT2D eigenvalue weighted by molar-refractivity contribution is 0.324. The van der Waals surface area contributed by atoms with Crippen molar-refractivity contribution in [2.75, 3.05) is 40.3 Å². The Bertz CT molecular complexity index is 1160. The van der Waals surface area contributed by atoms with E-state index in [0.717, 1.165) is 10.5 Å². The van der Waals surface area contributed by atoms with Crippen molar-refractivity contribution in [3.05, 3.63) is 64.4 Å². The van der Waals surface area contributed by atoms with Gasteiger partial charge in [-0.15, -0.1) is 0 Å². The van der Waals surface area contributed by atoms with E-state index in [0.29, 0.717) is 33.6 Å². The highest BCUT2D eigenvalue weighted by molar-refractivity contribution is 8.00. The summed E-state index contributed by atoms with van der Waals surface area (Å²) in [6.07, 6.45) is 3.61. The minimum atomic E-state index is -0.512. The first-order valence-corrected chi connectivity index (χ1v) is 11.3. The van der Waals surface area contributed by atoms with E-state index in [-0.39, 0.29) is 11.4 Å². The number of halogens is 2. The van der Waals surface area contributed by atoms with Crippen molar-refractivity contribution in [1.82, 2.24) is 0 Å². The van der Waals surface area contributed by atoms with Crippen LogP contribution in [0.5, 0.6) is 28.7 Å². The van der Waals surface area contributed by atoms with Gasteiger partial charge in [0.25, 0.3) is 0 Å². The molecule has 6 nitrogen and oxygen atoms in total. The van der Waals surface area contributed by atoms with Crippen LogP contribution in [0.2, 0.25) is 5.02 Å². The molecule has 0 bridgehead atoms. The number of nitrogens with one attached hydrogen (secondary N) is 1. The topological polar surface area (TPSA) is 58.2 Å². The maximum atomic E-state index is 15.2. The van der Waals surface area contributed by atoms with E-state index >= 15 is 4.39 Å². The van der Waals surface area contributed by atoms with E-state index in [4.69, 9.17) is 35.3 Å². The molecule has 1 N–H and O–H groups in total. The molecule has 0 unspecified atom stereocenters. The quantitative estimate of drug-likeness (QED) is 0.240. The third kappa shape index (κ3) is 5.63. The largest absolute Gasteiger partial charge is 0.495 e.